The highest BCUT2D eigenvalue weighted by atomic mass is 32.2. The van der Waals surface area contributed by atoms with Gasteiger partial charge in [0.2, 0.25) is 5.91 Å². The number of amides is 1. The molecule has 12 nitrogen and oxygen atoms in total. The van der Waals surface area contributed by atoms with Crippen molar-refractivity contribution < 1.29 is 30.0 Å². The van der Waals surface area contributed by atoms with E-state index >= 15 is 0 Å². The number of nitrogens with zero attached hydrogens (tertiary/aromatic N) is 2. The van der Waals surface area contributed by atoms with E-state index in [9.17, 15) is 29.7 Å². The number of aliphatic hydroxyl groups is 4. The molecule has 0 bridgehead atoms. The van der Waals surface area contributed by atoms with Crippen molar-refractivity contribution in [2.45, 2.75) is 63.2 Å². The highest BCUT2D eigenvalue weighted by Gasteiger charge is 2.44. The summed E-state index contributed by atoms with van der Waals surface area (Å²) < 4.78 is 7.68. The smallest absolute Gasteiger partial charge is 0.277 e. The van der Waals surface area contributed by atoms with E-state index in [-0.39, 0.29) is 16.9 Å². The Kier molecular flexibility index (Phi) is 7.29. The fourth-order valence-corrected chi connectivity index (χ4v) is 4.77. The van der Waals surface area contributed by atoms with Gasteiger partial charge in [0.05, 0.1) is 18.3 Å². The number of ether oxygens (including phenoxy) is 1. The van der Waals surface area contributed by atoms with Gasteiger partial charge in [-0.2, -0.15) is 16.3 Å². The number of aliphatic hydroxyl groups excluding tert-OH is 4. The number of carbonyl (C=O) groups is 1. The van der Waals surface area contributed by atoms with Gasteiger partial charge in [-0.1, -0.05) is 0 Å². The molecule has 0 spiro atoms. The third-order valence-corrected chi connectivity index (χ3v) is 6.93. The van der Waals surface area contributed by atoms with Crippen molar-refractivity contribution in [2.75, 3.05) is 12.4 Å². The van der Waals surface area contributed by atoms with Crippen LogP contribution >= 0.6 is 11.8 Å². The van der Waals surface area contributed by atoms with Gasteiger partial charge in [-0.05, 0) is 20.8 Å². The highest BCUT2D eigenvalue weighted by Crippen LogP contribution is 2.20. The molecule has 1 aliphatic heterocycles. The number of hydrogen-bond donors (Lipinski definition) is 6. The highest BCUT2D eigenvalue weighted by molar-refractivity contribution is 7.98. The number of nitrogens with two attached hydrogens (primary N) is 1. The van der Waals surface area contributed by atoms with Crippen LogP contribution in [0.5, 0.6) is 0 Å². The Hall–Kier alpha value is -2.00. The van der Waals surface area contributed by atoms with Crippen LogP contribution in [-0.4, -0.2) is 84.4 Å². The number of nitrogens with one attached hydrogen (secondary N) is 1. The normalized spacial score (nSPS) is 27.1. The van der Waals surface area contributed by atoms with Crippen molar-refractivity contribution >= 4 is 17.7 Å². The lowest BCUT2D eigenvalue weighted by molar-refractivity contribution is -0.253. The van der Waals surface area contributed by atoms with Crippen molar-refractivity contribution in [3.63, 3.8) is 0 Å². The molecule has 1 unspecified atom stereocenters. The van der Waals surface area contributed by atoms with Crippen LogP contribution in [0.15, 0.2) is 9.59 Å². The zero-order valence-corrected chi connectivity index (χ0v) is 18.7. The van der Waals surface area contributed by atoms with E-state index in [0.29, 0.717) is 28.3 Å². The molecular weight excluding hydrogens is 444 g/mol. The van der Waals surface area contributed by atoms with E-state index in [1.54, 1.807) is 25.3 Å². The third-order valence-electron chi connectivity index (χ3n) is 5.86. The van der Waals surface area contributed by atoms with Gasteiger partial charge in [-0.15, -0.1) is 0 Å². The average molecular weight is 473 g/mol. The van der Waals surface area contributed by atoms with Crippen LogP contribution < -0.4 is 22.2 Å². The first-order valence-corrected chi connectivity index (χ1v) is 11.2. The first kappa shape index (κ1) is 24.6. The zero-order valence-electron chi connectivity index (χ0n) is 17.9. The summed E-state index contributed by atoms with van der Waals surface area (Å²) in [6.45, 7) is 4.43. The average Bonchev–Trinajstić information content (AvgIpc) is 3.14. The summed E-state index contributed by atoms with van der Waals surface area (Å²) in [5.74, 6) is -0.222. The van der Waals surface area contributed by atoms with Gasteiger partial charge >= 0.3 is 0 Å². The van der Waals surface area contributed by atoms with Gasteiger partial charge in [0.1, 0.15) is 24.4 Å². The Morgan fingerprint density at radius 2 is 1.75 bits per heavy atom. The maximum atomic E-state index is 12.4. The second-order valence-electron chi connectivity index (χ2n) is 7.90. The van der Waals surface area contributed by atoms with Crippen LogP contribution in [0.3, 0.4) is 0 Å². The van der Waals surface area contributed by atoms with Crippen molar-refractivity contribution in [3.05, 3.63) is 43.2 Å². The van der Waals surface area contributed by atoms with Crippen LogP contribution in [0.1, 0.15) is 22.5 Å². The Morgan fingerprint density at radius 3 is 2.38 bits per heavy atom. The molecule has 0 aromatic carbocycles. The molecule has 3 rings (SSSR count). The molecule has 1 amide bonds. The van der Waals surface area contributed by atoms with Gasteiger partial charge in [0.15, 0.2) is 6.29 Å². The van der Waals surface area contributed by atoms with Gasteiger partial charge in [0, 0.05) is 28.3 Å². The van der Waals surface area contributed by atoms with Crippen LogP contribution in [0.25, 0.3) is 0 Å². The van der Waals surface area contributed by atoms with Crippen LogP contribution in [0, 0.1) is 20.8 Å². The number of rotatable bonds is 7. The molecule has 178 valence electrons. The second kappa shape index (κ2) is 9.47. The fourth-order valence-electron chi connectivity index (χ4n) is 3.71. The largest absolute Gasteiger partial charge is 0.394 e. The zero-order chi connectivity index (χ0) is 23.9. The lowest BCUT2D eigenvalue weighted by Crippen LogP contribution is -2.65. The number of aryl methyl sites for hydroxylation is 1. The van der Waals surface area contributed by atoms with Gasteiger partial charge in [-0.3, -0.25) is 18.9 Å². The van der Waals surface area contributed by atoms with Crippen LogP contribution in [0.4, 0.5) is 0 Å². The molecule has 2 aromatic heterocycles. The van der Waals surface area contributed by atoms with Crippen LogP contribution in [-0.2, 0) is 15.3 Å². The minimum absolute atomic E-state index is 0.141. The topological polar surface area (TPSA) is 188 Å². The quantitative estimate of drug-likeness (QED) is 0.237. The summed E-state index contributed by atoms with van der Waals surface area (Å²) in [6, 6.07) is -2.35. The lowest BCUT2D eigenvalue weighted by Gasteiger charge is -2.40. The molecule has 13 heteroatoms. The molecule has 32 heavy (non-hydrogen) atoms. The van der Waals surface area contributed by atoms with Crippen molar-refractivity contribution in [3.8, 4) is 0 Å². The standard InChI is InChI=1S/C19H28N4O8S/c1-7-9(3)22-11(8(2)18(29)23(22)17(7)28)6-32-5-10(20)16(27)21-13-15(26)14(25)12(4-24)31-19(13)30/h10,12-15,19,24-26,30H,4-6,20H2,1-3H3,(H,21,27)/t10-,12+,13+,14+,15+,19?/m0/s1. The Bertz CT molecular complexity index is 1100. The number of carbonyl (C=O) groups excluding carboxylic acids is 1. The summed E-state index contributed by atoms with van der Waals surface area (Å²) in [4.78, 5) is 37.2. The Labute approximate surface area is 186 Å². The molecular formula is C19H28N4O8S. The fraction of sp³-hybridized carbons (Fsp3) is 0.632. The summed E-state index contributed by atoms with van der Waals surface area (Å²) in [6.07, 6.45) is -5.88. The number of hydrogen-bond acceptors (Lipinski definition) is 10. The molecule has 1 fully saturated rings. The Balaban J connectivity index is 1.63. The molecule has 3 heterocycles. The predicted octanol–water partition coefficient (Wildman–Crippen LogP) is -3.40. The SMILES string of the molecule is Cc1c(C)n2c(CSC[C@H](N)C(=O)N[C@H]3C(O)O[C@H](CO)[C@@H](O)[C@@H]3O)c(C)c(=O)n2c1=O. The Morgan fingerprint density at radius 1 is 1.12 bits per heavy atom. The number of thioether (sulfide) groups is 1. The summed E-state index contributed by atoms with van der Waals surface area (Å²) in [5, 5.41) is 41.5. The minimum Gasteiger partial charge on any atom is -0.394 e. The first-order chi connectivity index (χ1) is 15.0. The van der Waals surface area contributed by atoms with E-state index < -0.39 is 49.2 Å². The molecule has 2 aromatic rings. The molecule has 1 aliphatic rings. The second-order valence-corrected chi connectivity index (χ2v) is 8.93. The maximum Gasteiger partial charge on any atom is 0.277 e. The molecule has 7 N–H and O–H groups in total. The molecule has 0 saturated carbocycles. The molecule has 6 atom stereocenters. The van der Waals surface area contributed by atoms with E-state index in [1.165, 1.54) is 11.8 Å². The summed E-state index contributed by atoms with van der Waals surface area (Å²) >= 11 is 1.28. The van der Waals surface area contributed by atoms with Gasteiger partial charge in [-0.25, -0.2) is 0 Å². The monoisotopic (exact) mass is 472 g/mol. The predicted molar refractivity (Wildman–Crippen MR) is 115 cm³/mol. The van der Waals surface area contributed by atoms with E-state index in [0.717, 1.165) is 4.52 Å². The first-order valence-electron chi connectivity index (χ1n) is 10.0. The number of fused-ring (bicyclic) bond motifs is 1. The molecule has 0 aliphatic carbocycles. The maximum absolute atomic E-state index is 12.4. The van der Waals surface area contributed by atoms with Crippen molar-refractivity contribution in [1.82, 2.24) is 14.3 Å². The summed E-state index contributed by atoms with van der Waals surface area (Å²) in [7, 11) is 0. The van der Waals surface area contributed by atoms with Gasteiger partial charge < -0.3 is 36.2 Å². The van der Waals surface area contributed by atoms with E-state index in [4.69, 9.17) is 15.6 Å². The lowest BCUT2D eigenvalue weighted by atomic mass is 9.97. The van der Waals surface area contributed by atoms with Crippen molar-refractivity contribution in [2.24, 2.45) is 5.73 Å². The minimum atomic E-state index is -1.64. The molecule has 0 radical (unpaired) electrons. The number of aromatic nitrogens is 2. The molecule has 1 saturated heterocycles. The van der Waals surface area contributed by atoms with Gasteiger partial charge in [0.25, 0.3) is 11.1 Å². The summed E-state index contributed by atoms with van der Waals surface area (Å²) in [5.41, 5.74) is 7.41. The van der Waals surface area contributed by atoms with Crippen molar-refractivity contribution in [1.29, 1.82) is 0 Å². The van der Waals surface area contributed by atoms with E-state index in [2.05, 4.69) is 5.32 Å². The third kappa shape index (κ3) is 4.17. The van der Waals surface area contributed by atoms with E-state index in [1.807, 2.05) is 0 Å². The van der Waals surface area contributed by atoms with Crippen LogP contribution in [0.2, 0.25) is 0 Å².